The van der Waals surface area contributed by atoms with E-state index in [-0.39, 0.29) is 22.8 Å². The van der Waals surface area contributed by atoms with Gasteiger partial charge >= 0.3 is 0 Å². The lowest BCUT2D eigenvalue weighted by molar-refractivity contribution is -0.384. The number of nitro benzene ring substituents is 1. The van der Waals surface area contributed by atoms with Crippen LogP contribution in [0.25, 0.3) is 10.9 Å². The monoisotopic (exact) mass is 344 g/mol. The Morgan fingerprint density at radius 2 is 1.96 bits per heavy atom. The van der Waals surface area contributed by atoms with Gasteiger partial charge in [0.2, 0.25) is 0 Å². The van der Waals surface area contributed by atoms with Gasteiger partial charge in [-0.1, -0.05) is 17.7 Å². The van der Waals surface area contributed by atoms with Crippen molar-refractivity contribution >= 4 is 39.6 Å². The van der Waals surface area contributed by atoms with E-state index in [9.17, 15) is 20.0 Å². The molecule has 1 aromatic heterocycles. The van der Waals surface area contributed by atoms with Crippen molar-refractivity contribution in [2.75, 3.05) is 0 Å². The summed E-state index contributed by atoms with van der Waals surface area (Å²) in [4.78, 5) is 24.8. The van der Waals surface area contributed by atoms with E-state index >= 15 is 0 Å². The highest BCUT2D eigenvalue weighted by Crippen LogP contribution is 2.33. The van der Waals surface area contributed by atoms with E-state index in [1.807, 2.05) is 0 Å². The van der Waals surface area contributed by atoms with Crippen LogP contribution in [0.2, 0.25) is 5.02 Å². The Balaban J connectivity index is 2.08. The van der Waals surface area contributed by atoms with Gasteiger partial charge in [0.05, 0.1) is 16.1 Å². The fraction of sp³-hybridized carbons (Fsp3) is 0. The standard InChI is InChI=1S/C15H9ClN4O4/c16-8-4-5-12-11(6-8)14(21)13(15(22)17-12)19-18-9-2-1-3-10(7-9)20(23)24/h1-7H,(H2,17,21,22). The van der Waals surface area contributed by atoms with E-state index in [0.29, 0.717) is 15.9 Å². The summed E-state index contributed by atoms with van der Waals surface area (Å²) in [5, 5.41) is 29.2. The molecule has 2 N–H and O–H groups in total. The summed E-state index contributed by atoms with van der Waals surface area (Å²) in [6.07, 6.45) is 0. The van der Waals surface area contributed by atoms with E-state index in [0.717, 1.165) is 0 Å². The molecule has 0 aliphatic heterocycles. The summed E-state index contributed by atoms with van der Waals surface area (Å²) in [6.45, 7) is 0. The molecule has 0 spiro atoms. The van der Waals surface area contributed by atoms with Gasteiger partial charge in [0.25, 0.3) is 11.2 Å². The summed E-state index contributed by atoms with van der Waals surface area (Å²) in [7, 11) is 0. The number of nitro groups is 1. The van der Waals surface area contributed by atoms with Crippen molar-refractivity contribution in [1.82, 2.24) is 4.98 Å². The summed E-state index contributed by atoms with van der Waals surface area (Å²) >= 11 is 5.88. The number of rotatable bonds is 3. The van der Waals surface area contributed by atoms with Gasteiger partial charge in [0, 0.05) is 22.5 Å². The molecule has 0 saturated heterocycles. The van der Waals surface area contributed by atoms with Crippen LogP contribution in [0.15, 0.2) is 57.5 Å². The number of non-ortho nitro benzene ring substituents is 1. The first kappa shape index (κ1) is 15.6. The summed E-state index contributed by atoms with van der Waals surface area (Å²) < 4.78 is 0. The molecule has 0 unspecified atom stereocenters. The van der Waals surface area contributed by atoms with Crippen molar-refractivity contribution in [2.24, 2.45) is 10.2 Å². The van der Waals surface area contributed by atoms with Crippen molar-refractivity contribution in [3.05, 3.63) is 68.0 Å². The SMILES string of the molecule is O=c1[nH]c2ccc(Cl)cc2c(O)c1N=Nc1cccc([N+](=O)[O-])c1. The third-order valence-electron chi connectivity index (χ3n) is 3.23. The Morgan fingerprint density at radius 3 is 2.71 bits per heavy atom. The fourth-order valence-corrected chi connectivity index (χ4v) is 2.28. The number of nitrogens with zero attached hydrogens (tertiary/aromatic N) is 3. The number of aromatic amines is 1. The largest absolute Gasteiger partial charge is 0.505 e. The zero-order chi connectivity index (χ0) is 17.3. The number of hydrogen-bond donors (Lipinski definition) is 2. The Labute approximate surface area is 139 Å². The number of fused-ring (bicyclic) bond motifs is 1. The van der Waals surface area contributed by atoms with E-state index in [4.69, 9.17) is 11.6 Å². The number of benzene rings is 2. The van der Waals surface area contributed by atoms with Crippen LogP contribution in [0.5, 0.6) is 5.75 Å². The predicted molar refractivity (Wildman–Crippen MR) is 88.5 cm³/mol. The Morgan fingerprint density at radius 1 is 1.17 bits per heavy atom. The number of pyridine rings is 1. The number of aromatic hydroxyl groups is 1. The minimum Gasteiger partial charge on any atom is -0.505 e. The summed E-state index contributed by atoms with van der Waals surface area (Å²) in [6, 6.07) is 10.0. The molecule has 0 saturated carbocycles. The predicted octanol–water partition coefficient (Wildman–Crippen LogP) is 4.21. The minimum atomic E-state index is -0.642. The van der Waals surface area contributed by atoms with Gasteiger partial charge < -0.3 is 10.1 Å². The van der Waals surface area contributed by atoms with Crippen LogP contribution in [0.1, 0.15) is 0 Å². The number of hydrogen-bond acceptors (Lipinski definition) is 6. The van der Waals surface area contributed by atoms with Crippen molar-refractivity contribution < 1.29 is 10.0 Å². The maximum absolute atomic E-state index is 12.0. The highest BCUT2D eigenvalue weighted by Gasteiger charge is 2.12. The first-order valence-corrected chi connectivity index (χ1v) is 7.04. The lowest BCUT2D eigenvalue weighted by Crippen LogP contribution is -2.05. The Bertz CT molecular complexity index is 1050. The number of aromatic nitrogens is 1. The van der Waals surface area contributed by atoms with E-state index < -0.39 is 10.5 Å². The van der Waals surface area contributed by atoms with Crippen LogP contribution in [0.4, 0.5) is 17.1 Å². The molecule has 3 rings (SSSR count). The molecule has 0 radical (unpaired) electrons. The molecule has 3 aromatic rings. The smallest absolute Gasteiger partial charge is 0.280 e. The Kier molecular flexibility index (Phi) is 3.97. The molecule has 0 atom stereocenters. The second-order valence-electron chi connectivity index (χ2n) is 4.82. The molecule has 1 heterocycles. The number of H-pyrrole nitrogens is 1. The van der Waals surface area contributed by atoms with Crippen LogP contribution in [0, 0.1) is 10.1 Å². The third-order valence-corrected chi connectivity index (χ3v) is 3.47. The van der Waals surface area contributed by atoms with Gasteiger partial charge in [0.1, 0.15) is 0 Å². The highest BCUT2D eigenvalue weighted by atomic mass is 35.5. The molecule has 0 amide bonds. The third kappa shape index (κ3) is 2.95. The average Bonchev–Trinajstić information content (AvgIpc) is 2.56. The minimum absolute atomic E-state index is 0.158. The maximum Gasteiger partial charge on any atom is 0.280 e. The molecule has 0 aliphatic rings. The first-order valence-electron chi connectivity index (χ1n) is 6.66. The van der Waals surface area contributed by atoms with Gasteiger partial charge in [-0.2, -0.15) is 0 Å². The van der Waals surface area contributed by atoms with Gasteiger partial charge in [-0.25, -0.2) is 0 Å². The zero-order valence-corrected chi connectivity index (χ0v) is 12.7. The second kappa shape index (κ2) is 6.09. The van der Waals surface area contributed by atoms with Crippen LogP contribution in [-0.2, 0) is 0 Å². The fourth-order valence-electron chi connectivity index (χ4n) is 2.11. The summed E-state index contributed by atoms with van der Waals surface area (Å²) in [5.74, 6) is -0.370. The molecule has 24 heavy (non-hydrogen) atoms. The Hall–Kier alpha value is -3.26. The van der Waals surface area contributed by atoms with E-state index in [1.165, 1.54) is 30.3 Å². The lowest BCUT2D eigenvalue weighted by atomic mass is 10.2. The topological polar surface area (TPSA) is 121 Å². The molecule has 9 heteroatoms. The van der Waals surface area contributed by atoms with Gasteiger partial charge in [0.15, 0.2) is 11.4 Å². The van der Waals surface area contributed by atoms with E-state index in [1.54, 1.807) is 12.1 Å². The molecule has 0 bridgehead atoms. The lowest BCUT2D eigenvalue weighted by Gasteiger charge is -2.03. The average molecular weight is 345 g/mol. The van der Waals surface area contributed by atoms with Crippen molar-refractivity contribution in [2.45, 2.75) is 0 Å². The number of halogens is 1. The number of azo groups is 1. The highest BCUT2D eigenvalue weighted by molar-refractivity contribution is 6.31. The van der Waals surface area contributed by atoms with Crippen LogP contribution >= 0.6 is 11.6 Å². The number of nitrogens with one attached hydrogen (secondary N) is 1. The van der Waals surface area contributed by atoms with Gasteiger partial charge in [-0.15, -0.1) is 10.2 Å². The molecule has 8 nitrogen and oxygen atoms in total. The molecule has 0 fully saturated rings. The normalized spacial score (nSPS) is 11.2. The van der Waals surface area contributed by atoms with Crippen molar-refractivity contribution in [3.8, 4) is 5.75 Å². The molecular formula is C15H9ClN4O4. The first-order chi connectivity index (χ1) is 11.5. The van der Waals surface area contributed by atoms with Gasteiger partial charge in [-0.05, 0) is 24.3 Å². The zero-order valence-electron chi connectivity index (χ0n) is 11.9. The van der Waals surface area contributed by atoms with Gasteiger partial charge in [-0.3, -0.25) is 14.9 Å². The van der Waals surface area contributed by atoms with Crippen LogP contribution in [0.3, 0.4) is 0 Å². The molecular weight excluding hydrogens is 336 g/mol. The molecule has 0 aliphatic carbocycles. The summed E-state index contributed by atoms with van der Waals surface area (Å²) in [5.41, 5.74) is -0.534. The second-order valence-corrected chi connectivity index (χ2v) is 5.25. The molecule has 120 valence electrons. The van der Waals surface area contributed by atoms with Crippen LogP contribution in [-0.4, -0.2) is 15.0 Å². The van der Waals surface area contributed by atoms with E-state index in [2.05, 4.69) is 15.2 Å². The van der Waals surface area contributed by atoms with Crippen molar-refractivity contribution in [1.29, 1.82) is 0 Å². The quantitative estimate of drug-likeness (QED) is 0.420. The van der Waals surface area contributed by atoms with Crippen LogP contribution < -0.4 is 5.56 Å². The van der Waals surface area contributed by atoms with Crippen molar-refractivity contribution in [3.63, 3.8) is 0 Å². The maximum atomic E-state index is 12.0. The molecule has 2 aromatic carbocycles.